The Morgan fingerprint density at radius 2 is 1.76 bits per heavy atom. The van der Waals surface area contributed by atoms with Gasteiger partial charge in [-0.2, -0.15) is 8.78 Å². The number of nitrogens with zero attached hydrogens (tertiary/aromatic N) is 2. The molecule has 8 nitrogen and oxygen atoms in total. The molecule has 4 amide bonds. The van der Waals surface area contributed by atoms with E-state index in [0.717, 1.165) is 37.7 Å². The summed E-state index contributed by atoms with van der Waals surface area (Å²) in [5.74, 6) is -8.37. The van der Waals surface area contributed by atoms with E-state index in [0.29, 0.717) is 12.1 Å². The second kappa shape index (κ2) is 10.7. The highest BCUT2D eigenvalue weighted by molar-refractivity contribution is 6.13. The van der Waals surface area contributed by atoms with Gasteiger partial charge in [-0.1, -0.05) is 44.5 Å². The molecule has 37 heavy (non-hydrogen) atoms. The highest BCUT2D eigenvalue weighted by Crippen LogP contribution is 2.37. The smallest absolute Gasteiger partial charge is 0.351 e. The lowest BCUT2D eigenvalue weighted by Gasteiger charge is -2.32. The lowest BCUT2D eigenvalue weighted by molar-refractivity contribution is -0.158. The molecule has 1 saturated heterocycles. The SMILES string of the molecule is CCC(C)C(NC(=O)CN1C(=O)c2ccccc2C(F)(F)C1=O)C(=O)Nc1cccc(N2CCCC2)c1. The largest absolute Gasteiger partial charge is 0.371 e. The molecule has 0 spiro atoms. The van der Waals surface area contributed by atoms with E-state index < -0.39 is 47.7 Å². The van der Waals surface area contributed by atoms with Gasteiger partial charge in [-0.25, -0.2) is 0 Å². The maximum Gasteiger partial charge on any atom is 0.351 e. The summed E-state index contributed by atoms with van der Waals surface area (Å²) < 4.78 is 29.4. The van der Waals surface area contributed by atoms with E-state index >= 15 is 0 Å². The van der Waals surface area contributed by atoms with Gasteiger partial charge >= 0.3 is 11.8 Å². The third-order valence-electron chi connectivity index (χ3n) is 6.95. The number of carbonyl (C=O) groups is 4. The second-order valence-corrected chi connectivity index (χ2v) is 9.48. The summed E-state index contributed by atoms with van der Waals surface area (Å²) in [4.78, 5) is 53.7. The molecule has 2 N–H and O–H groups in total. The summed E-state index contributed by atoms with van der Waals surface area (Å²) in [6.07, 6.45) is 2.76. The van der Waals surface area contributed by atoms with E-state index in [9.17, 15) is 28.0 Å². The monoisotopic (exact) mass is 512 g/mol. The second-order valence-electron chi connectivity index (χ2n) is 9.48. The fourth-order valence-electron chi connectivity index (χ4n) is 4.65. The van der Waals surface area contributed by atoms with E-state index in [2.05, 4.69) is 15.5 Å². The molecule has 1 fully saturated rings. The highest BCUT2D eigenvalue weighted by atomic mass is 19.3. The third-order valence-corrected chi connectivity index (χ3v) is 6.95. The lowest BCUT2D eigenvalue weighted by atomic mass is 9.95. The molecule has 2 aliphatic heterocycles. The van der Waals surface area contributed by atoms with Gasteiger partial charge in [0.15, 0.2) is 0 Å². The van der Waals surface area contributed by atoms with Crippen molar-refractivity contribution < 1.29 is 28.0 Å². The topological polar surface area (TPSA) is 98.8 Å². The number of hydrogen-bond donors (Lipinski definition) is 2. The normalized spacial score (nSPS) is 18.3. The number of hydrogen-bond acceptors (Lipinski definition) is 5. The molecule has 2 unspecified atom stereocenters. The van der Waals surface area contributed by atoms with E-state index in [1.54, 1.807) is 13.0 Å². The maximum atomic E-state index is 14.7. The summed E-state index contributed by atoms with van der Waals surface area (Å²) in [6.45, 7) is 4.58. The van der Waals surface area contributed by atoms with Crippen molar-refractivity contribution in [1.82, 2.24) is 10.2 Å². The lowest BCUT2D eigenvalue weighted by Crippen LogP contribution is -2.56. The molecule has 10 heteroatoms. The standard InChI is InChI=1S/C27H30F2N4O4/c1-3-17(2)23(24(35)30-18-9-8-10-19(15-18)32-13-6-7-14-32)31-22(34)16-33-25(36)20-11-4-5-12-21(20)27(28,29)26(33)37/h4-5,8-12,15,17,23H,3,6-7,13-14,16H2,1-2H3,(H,30,35)(H,31,34). The average molecular weight is 513 g/mol. The number of benzene rings is 2. The Balaban J connectivity index is 1.47. The zero-order chi connectivity index (χ0) is 26.7. The van der Waals surface area contributed by atoms with Crippen molar-refractivity contribution in [2.45, 2.75) is 45.1 Å². The van der Waals surface area contributed by atoms with Gasteiger partial charge in [0, 0.05) is 35.6 Å². The number of rotatable bonds is 8. The van der Waals surface area contributed by atoms with Crippen LogP contribution in [0.15, 0.2) is 48.5 Å². The van der Waals surface area contributed by atoms with Crippen molar-refractivity contribution in [1.29, 1.82) is 0 Å². The van der Waals surface area contributed by atoms with Gasteiger partial charge in [0.1, 0.15) is 12.6 Å². The zero-order valence-corrected chi connectivity index (χ0v) is 20.8. The Morgan fingerprint density at radius 3 is 2.46 bits per heavy atom. The van der Waals surface area contributed by atoms with Crippen molar-refractivity contribution in [2.24, 2.45) is 5.92 Å². The molecule has 0 bridgehead atoms. The minimum Gasteiger partial charge on any atom is -0.371 e. The Hall–Kier alpha value is -3.82. The van der Waals surface area contributed by atoms with E-state index in [-0.39, 0.29) is 16.4 Å². The van der Waals surface area contributed by atoms with Crippen LogP contribution in [0.4, 0.5) is 20.2 Å². The predicted molar refractivity (Wildman–Crippen MR) is 134 cm³/mol. The van der Waals surface area contributed by atoms with Crippen LogP contribution < -0.4 is 15.5 Å². The molecule has 0 aromatic heterocycles. The first-order valence-electron chi connectivity index (χ1n) is 12.4. The molecule has 0 radical (unpaired) electrons. The molecule has 196 valence electrons. The molecular weight excluding hydrogens is 482 g/mol. The van der Waals surface area contributed by atoms with Gasteiger partial charge in [-0.3, -0.25) is 24.1 Å². The molecule has 2 atom stereocenters. The number of halogens is 2. The van der Waals surface area contributed by atoms with Gasteiger partial charge < -0.3 is 15.5 Å². The highest BCUT2D eigenvalue weighted by Gasteiger charge is 2.52. The Bertz CT molecular complexity index is 1210. The molecule has 2 aliphatic rings. The van der Waals surface area contributed by atoms with Crippen LogP contribution in [0.25, 0.3) is 0 Å². The summed E-state index contributed by atoms with van der Waals surface area (Å²) in [5, 5.41) is 5.37. The van der Waals surface area contributed by atoms with E-state index in [1.807, 2.05) is 25.1 Å². The summed E-state index contributed by atoms with van der Waals surface area (Å²) in [7, 11) is 0. The molecule has 2 heterocycles. The summed E-state index contributed by atoms with van der Waals surface area (Å²) in [5.41, 5.74) is 0.529. The molecular formula is C27H30F2N4O4. The van der Waals surface area contributed by atoms with Crippen LogP contribution in [-0.4, -0.2) is 54.2 Å². The number of amides is 4. The van der Waals surface area contributed by atoms with Crippen LogP contribution in [0.5, 0.6) is 0 Å². The van der Waals surface area contributed by atoms with Gasteiger partial charge in [0.25, 0.3) is 5.91 Å². The van der Waals surface area contributed by atoms with Crippen molar-refractivity contribution >= 4 is 35.0 Å². The third kappa shape index (κ3) is 5.33. The van der Waals surface area contributed by atoms with Crippen LogP contribution in [0, 0.1) is 5.92 Å². The van der Waals surface area contributed by atoms with Gasteiger partial charge in [0.05, 0.1) is 0 Å². The molecule has 4 rings (SSSR count). The number of fused-ring (bicyclic) bond motifs is 1. The number of nitrogens with one attached hydrogen (secondary N) is 2. The van der Waals surface area contributed by atoms with Crippen LogP contribution in [0.3, 0.4) is 0 Å². The number of anilines is 2. The van der Waals surface area contributed by atoms with Crippen LogP contribution in [0.2, 0.25) is 0 Å². The Labute approximate surface area is 214 Å². The zero-order valence-electron chi connectivity index (χ0n) is 20.8. The summed E-state index contributed by atoms with van der Waals surface area (Å²) >= 11 is 0. The average Bonchev–Trinajstić information content (AvgIpc) is 3.44. The maximum absolute atomic E-state index is 14.7. The first-order valence-corrected chi connectivity index (χ1v) is 12.4. The first kappa shape index (κ1) is 26.2. The van der Waals surface area contributed by atoms with Crippen molar-refractivity contribution in [3.05, 3.63) is 59.7 Å². The van der Waals surface area contributed by atoms with Crippen molar-refractivity contribution in [3.63, 3.8) is 0 Å². The fraction of sp³-hybridized carbons (Fsp3) is 0.407. The quantitative estimate of drug-likeness (QED) is 0.528. The Kier molecular flexibility index (Phi) is 7.56. The fourth-order valence-corrected chi connectivity index (χ4v) is 4.65. The molecule has 0 saturated carbocycles. The molecule has 2 aromatic carbocycles. The summed E-state index contributed by atoms with van der Waals surface area (Å²) in [6, 6.07) is 11.3. The van der Waals surface area contributed by atoms with Gasteiger partial charge in [-0.15, -0.1) is 0 Å². The van der Waals surface area contributed by atoms with Crippen molar-refractivity contribution in [2.75, 3.05) is 29.9 Å². The number of imide groups is 1. The number of carbonyl (C=O) groups excluding carboxylic acids is 4. The minimum absolute atomic E-state index is 0.239. The molecule has 2 aromatic rings. The van der Waals surface area contributed by atoms with E-state index in [4.69, 9.17) is 0 Å². The van der Waals surface area contributed by atoms with Crippen LogP contribution >= 0.6 is 0 Å². The van der Waals surface area contributed by atoms with Crippen molar-refractivity contribution in [3.8, 4) is 0 Å². The van der Waals surface area contributed by atoms with Crippen LogP contribution in [0.1, 0.15) is 49.0 Å². The van der Waals surface area contributed by atoms with E-state index in [1.165, 1.54) is 18.2 Å². The van der Waals surface area contributed by atoms with Gasteiger partial charge in [0.2, 0.25) is 11.8 Å². The Morgan fingerprint density at radius 1 is 1.05 bits per heavy atom. The van der Waals surface area contributed by atoms with Crippen LogP contribution in [-0.2, 0) is 20.3 Å². The van der Waals surface area contributed by atoms with Gasteiger partial charge in [-0.05, 0) is 43.0 Å². The first-order chi connectivity index (χ1) is 17.6. The predicted octanol–water partition coefficient (Wildman–Crippen LogP) is 3.53. The number of alkyl halides is 2. The minimum atomic E-state index is -3.95. The molecule has 0 aliphatic carbocycles.